The van der Waals surface area contributed by atoms with E-state index in [0.29, 0.717) is 24.7 Å². The zero-order chi connectivity index (χ0) is 13.6. The summed E-state index contributed by atoms with van der Waals surface area (Å²) >= 11 is 0. The Bertz CT molecular complexity index is 485. The van der Waals surface area contributed by atoms with Gasteiger partial charge in [0.05, 0.1) is 18.0 Å². The van der Waals surface area contributed by atoms with Crippen molar-refractivity contribution in [2.45, 2.75) is 13.8 Å². The van der Waals surface area contributed by atoms with Gasteiger partial charge >= 0.3 is 0 Å². The largest absolute Gasteiger partial charge is 0.489 e. The predicted molar refractivity (Wildman–Crippen MR) is 71.6 cm³/mol. The van der Waals surface area contributed by atoms with E-state index in [9.17, 15) is 8.42 Å². The van der Waals surface area contributed by atoms with Crippen LogP contribution in [0.2, 0.25) is 0 Å². The lowest BCUT2D eigenvalue weighted by atomic mass is 10.2. The van der Waals surface area contributed by atoms with Gasteiger partial charge in [-0.25, -0.2) is 8.42 Å². The molecule has 0 radical (unpaired) electrons. The minimum Gasteiger partial charge on any atom is -0.489 e. The topological polar surface area (TPSA) is 64.6 Å². The maximum absolute atomic E-state index is 11.5. The molecule has 1 aromatic carbocycles. The van der Waals surface area contributed by atoms with E-state index in [-0.39, 0.29) is 5.75 Å². The first kappa shape index (κ1) is 14.8. The third kappa shape index (κ3) is 4.54. The Balaban J connectivity index is 2.89. The number of sulfonamides is 1. The average molecular weight is 273 g/mol. The zero-order valence-corrected chi connectivity index (χ0v) is 11.7. The minimum atomic E-state index is -3.30. The van der Waals surface area contributed by atoms with Crippen LogP contribution in [0.5, 0.6) is 5.75 Å². The molecule has 0 unspecified atom stereocenters. The van der Waals surface area contributed by atoms with Crippen LogP contribution in [0.3, 0.4) is 0 Å². The van der Waals surface area contributed by atoms with Gasteiger partial charge in [-0.1, -0.05) is 6.07 Å². The van der Waals surface area contributed by atoms with Gasteiger partial charge in [0.1, 0.15) is 12.4 Å². The van der Waals surface area contributed by atoms with Crippen molar-refractivity contribution in [1.29, 1.82) is 0 Å². The first-order chi connectivity index (χ1) is 8.48. The molecule has 0 fully saturated rings. The maximum Gasteiger partial charge on any atom is 0.232 e. The predicted octanol–water partition coefficient (Wildman–Crippen LogP) is 1.78. The van der Waals surface area contributed by atoms with Gasteiger partial charge in [-0.05, 0) is 31.5 Å². The first-order valence-electron chi connectivity index (χ1n) is 5.71. The molecule has 0 amide bonds. The van der Waals surface area contributed by atoms with E-state index in [0.717, 1.165) is 5.56 Å². The van der Waals surface area contributed by atoms with Crippen LogP contribution >= 0.6 is 0 Å². The molecule has 18 heavy (non-hydrogen) atoms. The summed E-state index contributed by atoms with van der Waals surface area (Å²) in [6.45, 7) is 4.33. The number of aryl methyl sites for hydroxylation is 1. The van der Waals surface area contributed by atoms with E-state index >= 15 is 0 Å². The highest BCUT2D eigenvalue weighted by Gasteiger charge is 2.11. The molecule has 1 N–H and O–H groups in total. The zero-order valence-electron chi connectivity index (χ0n) is 10.9. The Morgan fingerprint density at radius 2 is 2.00 bits per heavy atom. The Kier molecular flexibility index (Phi) is 5.43. The van der Waals surface area contributed by atoms with E-state index < -0.39 is 10.0 Å². The Morgan fingerprint density at radius 3 is 2.61 bits per heavy atom. The number of hydrogen-bond donors (Lipinski definition) is 1. The Labute approximate surface area is 108 Å². The fourth-order valence-electron chi connectivity index (χ4n) is 1.31. The molecule has 6 heteroatoms. The van der Waals surface area contributed by atoms with Gasteiger partial charge in [0.2, 0.25) is 10.0 Å². The van der Waals surface area contributed by atoms with Crippen LogP contribution in [0, 0.1) is 6.92 Å². The van der Waals surface area contributed by atoms with E-state index in [1.807, 2.05) is 13.0 Å². The highest BCUT2D eigenvalue weighted by Crippen LogP contribution is 2.26. The standard InChI is InChI=1S/C12H19NO4S/c1-4-18(14,15)13-11-6-5-10(2)9-12(11)17-8-7-16-3/h5-6,9,13H,4,7-8H2,1-3H3. The van der Waals surface area contributed by atoms with E-state index in [1.54, 1.807) is 26.2 Å². The third-order valence-electron chi connectivity index (χ3n) is 2.33. The number of ether oxygens (including phenoxy) is 2. The van der Waals surface area contributed by atoms with Crippen LogP contribution in [0.15, 0.2) is 18.2 Å². The quantitative estimate of drug-likeness (QED) is 0.769. The summed E-state index contributed by atoms with van der Waals surface area (Å²) in [6, 6.07) is 5.32. The number of methoxy groups -OCH3 is 1. The second kappa shape index (κ2) is 6.61. The fraction of sp³-hybridized carbons (Fsp3) is 0.500. The van der Waals surface area contributed by atoms with E-state index in [2.05, 4.69) is 4.72 Å². The Morgan fingerprint density at radius 1 is 1.28 bits per heavy atom. The van der Waals surface area contributed by atoms with Crippen LogP contribution in [-0.4, -0.2) is 34.5 Å². The second-order valence-corrected chi connectivity index (χ2v) is 5.86. The van der Waals surface area contributed by atoms with Crippen molar-refractivity contribution >= 4 is 15.7 Å². The molecule has 5 nitrogen and oxygen atoms in total. The van der Waals surface area contributed by atoms with Crippen molar-refractivity contribution in [3.05, 3.63) is 23.8 Å². The van der Waals surface area contributed by atoms with Gasteiger partial charge in [-0.2, -0.15) is 0 Å². The van der Waals surface area contributed by atoms with Crippen LogP contribution in [0.25, 0.3) is 0 Å². The first-order valence-corrected chi connectivity index (χ1v) is 7.36. The molecule has 0 bridgehead atoms. The third-order valence-corrected chi connectivity index (χ3v) is 3.62. The van der Waals surface area contributed by atoms with Crippen LogP contribution in [0.4, 0.5) is 5.69 Å². The Hall–Kier alpha value is -1.27. The molecule has 0 heterocycles. The van der Waals surface area contributed by atoms with Crippen LogP contribution in [-0.2, 0) is 14.8 Å². The number of rotatable bonds is 7. The van der Waals surface area contributed by atoms with Crippen molar-refractivity contribution in [3.63, 3.8) is 0 Å². The number of anilines is 1. The van der Waals surface area contributed by atoms with Crippen molar-refractivity contribution in [2.75, 3.05) is 30.8 Å². The molecule has 0 aliphatic rings. The lowest BCUT2D eigenvalue weighted by Crippen LogP contribution is -2.16. The minimum absolute atomic E-state index is 0.0262. The number of nitrogens with one attached hydrogen (secondary N) is 1. The molecular formula is C12H19NO4S. The number of hydrogen-bond acceptors (Lipinski definition) is 4. The van der Waals surface area contributed by atoms with Gasteiger partial charge < -0.3 is 9.47 Å². The van der Waals surface area contributed by atoms with Gasteiger partial charge in [0.25, 0.3) is 0 Å². The molecule has 0 aromatic heterocycles. The highest BCUT2D eigenvalue weighted by atomic mass is 32.2. The summed E-state index contributed by atoms with van der Waals surface area (Å²) in [4.78, 5) is 0. The molecule has 0 aliphatic carbocycles. The summed E-state index contributed by atoms with van der Waals surface area (Å²) in [7, 11) is -1.72. The van der Waals surface area contributed by atoms with Crippen molar-refractivity contribution in [3.8, 4) is 5.75 Å². The van der Waals surface area contributed by atoms with Crippen molar-refractivity contribution in [1.82, 2.24) is 0 Å². The van der Waals surface area contributed by atoms with Crippen molar-refractivity contribution < 1.29 is 17.9 Å². The van der Waals surface area contributed by atoms with Gasteiger partial charge in [0.15, 0.2) is 0 Å². The SMILES string of the molecule is CCS(=O)(=O)Nc1ccc(C)cc1OCCOC. The summed E-state index contributed by atoms with van der Waals surface area (Å²) < 4.78 is 36.0. The lowest BCUT2D eigenvalue weighted by Gasteiger charge is -2.13. The second-order valence-electron chi connectivity index (χ2n) is 3.85. The molecule has 0 saturated heterocycles. The van der Waals surface area contributed by atoms with Gasteiger partial charge in [0, 0.05) is 7.11 Å². The van der Waals surface area contributed by atoms with Crippen molar-refractivity contribution in [2.24, 2.45) is 0 Å². The monoisotopic (exact) mass is 273 g/mol. The molecule has 102 valence electrons. The van der Waals surface area contributed by atoms with Crippen LogP contribution in [0.1, 0.15) is 12.5 Å². The number of benzene rings is 1. The summed E-state index contributed by atoms with van der Waals surface area (Å²) in [5.41, 5.74) is 1.46. The lowest BCUT2D eigenvalue weighted by molar-refractivity contribution is 0.146. The maximum atomic E-state index is 11.5. The molecular weight excluding hydrogens is 254 g/mol. The molecule has 1 rings (SSSR count). The van der Waals surface area contributed by atoms with Crippen LogP contribution < -0.4 is 9.46 Å². The summed E-state index contributed by atoms with van der Waals surface area (Å²) in [5.74, 6) is 0.544. The fourth-order valence-corrected chi connectivity index (χ4v) is 1.96. The molecule has 0 aliphatic heterocycles. The van der Waals surface area contributed by atoms with Gasteiger partial charge in [-0.15, -0.1) is 0 Å². The summed E-state index contributed by atoms with van der Waals surface area (Å²) in [5, 5.41) is 0. The van der Waals surface area contributed by atoms with E-state index in [4.69, 9.17) is 9.47 Å². The molecule has 0 saturated carbocycles. The molecule has 0 atom stereocenters. The molecule has 0 spiro atoms. The normalized spacial score (nSPS) is 11.3. The molecule has 1 aromatic rings. The smallest absolute Gasteiger partial charge is 0.232 e. The van der Waals surface area contributed by atoms with Gasteiger partial charge in [-0.3, -0.25) is 4.72 Å². The average Bonchev–Trinajstić information content (AvgIpc) is 2.33. The summed E-state index contributed by atoms with van der Waals surface area (Å²) in [6.07, 6.45) is 0. The van der Waals surface area contributed by atoms with E-state index in [1.165, 1.54) is 0 Å². The highest BCUT2D eigenvalue weighted by molar-refractivity contribution is 7.92.